The van der Waals surface area contributed by atoms with Gasteiger partial charge in [-0.15, -0.1) is 0 Å². The first kappa shape index (κ1) is 19.2. The highest BCUT2D eigenvalue weighted by Gasteiger charge is 2.36. The van der Waals surface area contributed by atoms with Crippen LogP contribution in [-0.4, -0.2) is 42.5 Å². The molecule has 2 rings (SSSR count). The van der Waals surface area contributed by atoms with E-state index in [1.54, 1.807) is 6.07 Å². The van der Waals surface area contributed by atoms with E-state index in [1.807, 2.05) is 0 Å². The molecule has 0 radical (unpaired) electrons. The highest BCUT2D eigenvalue weighted by molar-refractivity contribution is 6.60. The number of nitrogens with two attached hydrogens (primary N) is 1. The molecule has 1 aromatic heterocycles. The zero-order chi connectivity index (χ0) is 18.6. The molecule has 25 heavy (non-hydrogen) atoms. The third kappa shape index (κ3) is 4.91. The van der Waals surface area contributed by atoms with Crippen LogP contribution in [0.25, 0.3) is 0 Å². The predicted molar refractivity (Wildman–Crippen MR) is 85.3 cm³/mol. The standard InChI is InChI=1S/C14H15ClF3N5O2/c15-10(12(20)14(16,17)18)11(19)13(24)23-7-1-2-8(22-5-7)9-6-21-3-4-25-9/h1-2,5,9,19,21H,3-4,6,20H2,(H,23,24)/b12-10+,19-11?/t9-/m1/s1. The Morgan fingerprint density at radius 3 is 2.72 bits per heavy atom. The van der Waals surface area contributed by atoms with Gasteiger partial charge in [0.25, 0.3) is 5.91 Å². The van der Waals surface area contributed by atoms with Gasteiger partial charge in [-0.2, -0.15) is 13.2 Å². The van der Waals surface area contributed by atoms with Gasteiger partial charge in [0.2, 0.25) is 0 Å². The van der Waals surface area contributed by atoms with Crippen LogP contribution in [0, 0.1) is 5.41 Å². The van der Waals surface area contributed by atoms with Crippen LogP contribution in [0.4, 0.5) is 18.9 Å². The monoisotopic (exact) mass is 377 g/mol. The SMILES string of the molecule is N=C(C(=O)Nc1ccc([C@H]2CNCCO2)nc1)/C(Cl)=C(\N)C(F)(F)F. The molecular weight excluding hydrogens is 363 g/mol. The average Bonchev–Trinajstić information content (AvgIpc) is 2.60. The van der Waals surface area contributed by atoms with E-state index >= 15 is 0 Å². The number of morpholine rings is 1. The van der Waals surface area contributed by atoms with Crippen molar-refractivity contribution < 1.29 is 22.7 Å². The van der Waals surface area contributed by atoms with Gasteiger partial charge in [-0.05, 0) is 12.1 Å². The van der Waals surface area contributed by atoms with E-state index in [9.17, 15) is 18.0 Å². The van der Waals surface area contributed by atoms with E-state index in [-0.39, 0.29) is 11.8 Å². The second kappa shape index (κ2) is 7.81. The number of rotatable bonds is 4. The van der Waals surface area contributed by atoms with Crippen LogP contribution in [0.3, 0.4) is 0 Å². The summed E-state index contributed by atoms with van der Waals surface area (Å²) in [6, 6.07) is 3.11. The largest absolute Gasteiger partial charge is 0.432 e. The van der Waals surface area contributed by atoms with Crippen molar-refractivity contribution in [2.75, 3.05) is 25.0 Å². The van der Waals surface area contributed by atoms with Crippen LogP contribution < -0.4 is 16.4 Å². The predicted octanol–water partition coefficient (Wildman–Crippen LogP) is 1.67. The van der Waals surface area contributed by atoms with Crippen LogP contribution in [0.2, 0.25) is 0 Å². The van der Waals surface area contributed by atoms with Crippen molar-refractivity contribution in [3.8, 4) is 0 Å². The number of carbonyl (C=O) groups is 1. The summed E-state index contributed by atoms with van der Waals surface area (Å²) in [5, 5.41) is 11.6. The third-order valence-corrected chi connectivity index (χ3v) is 3.68. The number of alkyl halides is 3. The van der Waals surface area contributed by atoms with Crippen LogP contribution in [-0.2, 0) is 9.53 Å². The van der Waals surface area contributed by atoms with E-state index in [4.69, 9.17) is 27.5 Å². The molecule has 1 atom stereocenters. The lowest BCUT2D eigenvalue weighted by atomic mass is 10.2. The fourth-order valence-electron chi connectivity index (χ4n) is 1.98. The summed E-state index contributed by atoms with van der Waals surface area (Å²) < 4.78 is 42.9. The molecule has 0 aliphatic carbocycles. The number of ether oxygens (including phenoxy) is 1. The summed E-state index contributed by atoms with van der Waals surface area (Å²) in [6.45, 7) is 1.90. The number of allylic oxidation sites excluding steroid dienone is 1. The maximum Gasteiger partial charge on any atom is 0.432 e. The van der Waals surface area contributed by atoms with Crippen molar-refractivity contribution in [3.63, 3.8) is 0 Å². The molecule has 0 unspecified atom stereocenters. The van der Waals surface area contributed by atoms with E-state index in [2.05, 4.69) is 15.6 Å². The Bertz CT molecular complexity index is 685. The molecule has 0 spiro atoms. The molecule has 1 aromatic rings. The summed E-state index contributed by atoms with van der Waals surface area (Å²) in [5.74, 6) is -1.14. The fraction of sp³-hybridized carbons (Fsp3) is 0.357. The number of halogens is 4. The van der Waals surface area contributed by atoms with Gasteiger partial charge in [0.15, 0.2) is 0 Å². The zero-order valence-electron chi connectivity index (χ0n) is 12.8. The summed E-state index contributed by atoms with van der Waals surface area (Å²) in [5.41, 5.74) is 2.83. The molecule has 0 saturated carbocycles. The van der Waals surface area contributed by atoms with Crippen molar-refractivity contribution in [3.05, 3.63) is 34.8 Å². The van der Waals surface area contributed by atoms with Crippen LogP contribution in [0.1, 0.15) is 11.8 Å². The molecule has 11 heteroatoms. The second-order valence-electron chi connectivity index (χ2n) is 5.09. The number of anilines is 1. The first-order chi connectivity index (χ1) is 11.7. The quantitative estimate of drug-likeness (QED) is 0.596. The molecule has 1 saturated heterocycles. The van der Waals surface area contributed by atoms with Gasteiger partial charge >= 0.3 is 6.18 Å². The molecule has 5 N–H and O–H groups in total. The second-order valence-corrected chi connectivity index (χ2v) is 5.47. The Hall–Kier alpha value is -2.17. The van der Waals surface area contributed by atoms with Crippen molar-refractivity contribution in [2.45, 2.75) is 12.3 Å². The average molecular weight is 378 g/mol. The Morgan fingerprint density at radius 2 is 2.20 bits per heavy atom. The maximum absolute atomic E-state index is 12.4. The van der Waals surface area contributed by atoms with Crippen molar-refractivity contribution >= 4 is 28.9 Å². The van der Waals surface area contributed by atoms with E-state index < -0.39 is 28.5 Å². The smallest absolute Gasteiger partial charge is 0.393 e. The lowest BCUT2D eigenvalue weighted by Gasteiger charge is -2.23. The summed E-state index contributed by atoms with van der Waals surface area (Å²) in [6.07, 6.45) is -3.84. The molecule has 1 aliphatic heterocycles. The maximum atomic E-state index is 12.4. The zero-order valence-corrected chi connectivity index (χ0v) is 13.5. The van der Waals surface area contributed by atoms with Crippen molar-refractivity contribution in [2.24, 2.45) is 5.73 Å². The van der Waals surface area contributed by atoms with Gasteiger partial charge in [0.1, 0.15) is 17.5 Å². The number of amides is 1. The summed E-state index contributed by atoms with van der Waals surface area (Å²) >= 11 is 5.36. The molecule has 1 aliphatic rings. The Labute approximate surface area is 145 Å². The molecule has 1 fully saturated rings. The van der Waals surface area contributed by atoms with Crippen LogP contribution >= 0.6 is 11.6 Å². The number of carbonyl (C=O) groups excluding carboxylic acids is 1. The molecule has 1 amide bonds. The number of hydrogen-bond donors (Lipinski definition) is 4. The lowest BCUT2D eigenvalue weighted by Crippen LogP contribution is -2.33. The molecule has 2 heterocycles. The van der Waals surface area contributed by atoms with E-state index in [0.717, 1.165) is 6.54 Å². The minimum Gasteiger partial charge on any atom is -0.393 e. The summed E-state index contributed by atoms with van der Waals surface area (Å²) in [4.78, 5) is 16.0. The van der Waals surface area contributed by atoms with Crippen LogP contribution in [0.5, 0.6) is 0 Å². The van der Waals surface area contributed by atoms with Gasteiger partial charge in [0.05, 0.1) is 29.2 Å². The molecule has 136 valence electrons. The van der Waals surface area contributed by atoms with Crippen molar-refractivity contribution in [1.82, 2.24) is 10.3 Å². The Morgan fingerprint density at radius 1 is 1.48 bits per heavy atom. The highest BCUT2D eigenvalue weighted by Crippen LogP contribution is 2.26. The first-order valence-electron chi connectivity index (χ1n) is 7.11. The normalized spacial score (nSPS) is 19.1. The lowest BCUT2D eigenvalue weighted by molar-refractivity contribution is -0.110. The van der Waals surface area contributed by atoms with Crippen molar-refractivity contribution in [1.29, 1.82) is 5.41 Å². The van der Waals surface area contributed by atoms with E-state index in [0.29, 0.717) is 18.8 Å². The fourth-order valence-corrected chi connectivity index (χ4v) is 2.17. The van der Waals surface area contributed by atoms with Gasteiger partial charge < -0.3 is 21.1 Å². The molecule has 7 nitrogen and oxygen atoms in total. The van der Waals surface area contributed by atoms with Gasteiger partial charge in [-0.25, -0.2) is 0 Å². The topological polar surface area (TPSA) is 113 Å². The van der Waals surface area contributed by atoms with Gasteiger partial charge in [0, 0.05) is 13.1 Å². The third-order valence-electron chi connectivity index (χ3n) is 3.29. The Balaban J connectivity index is 2.04. The summed E-state index contributed by atoms with van der Waals surface area (Å²) in [7, 11) is 0. The molecular formula is C14H15ClF3N5O2. The van der Waals surface area contributed by atoms with Gasteiger partial charge in [-0.3, -0.25) is 15.2 Å². The Kier molecular flexibility index (Phi) is 5.98. The minimum absolute atomic E-state index is 0.192. The number of hydrogen-bond acceptors (Lipinski definition) is 6. The van der Waals surface area contributed by atoms with E-state index in [1.165, 1.54) is 12.3 Å². The van der Waals surface area contributed by atoms with Gasteiger partial charge in [-0.1, -0.05) is 11.6 Å². The van der Waals surface area contributed by atoms with Crippen LogP contribution in [0.15, 0.2) is 29.1 Å². The highest BCUT2D eigenvalue weighted by atomic mass is 35.5. The minimum atomic E-state index is -4.93. The number of aromatic nitrogens is 1. The number of nitrogens with zero attached hydrogens (tertiary/aromatic N) is 1. The number of nitrogens with one attached hydrogen (secondary N) is 3. The first-order valence-corrected chi connectivity index (χ1v) is 7.49. The number of pyridine rings is 1. The molecule has 0 aromatic carbocycles. The molecule has 0 bridgehead atoms.